The molecule has 31 heavy (non-hydrogen) atoms. The fraction of sp³-hybridized carbons (Fsp3) is 0.318. The summed E-state index contributed by atoms with van der Waals surface area (Å²) in [7, 11) is 0. The molecule has 2 amide bonds. The van der Waals surface area contributed by atoms with E-state index in [1.54, 1.807) is 18.2 Å². The molecule has 0 saturated carbocycles. The second-order valence-electron chi connectivity index (χ2n) is 7.63. The van der Waals surface area contributed by atoms with Crippen molar-refractivity contribution in [2.45, 2.75) is 12.8 Å². The van der Waals surface area contributed by atoms with E-state index in [0.29, 0.717) is 35.7 Å². The van der Waals surface area contributed by atoms with Crippen molar-refractivity contribution in [2.24, 2.45) is 5.92 Å². The second kappa shape index (κ2) is 8.17. The summed E-state index contributed by atoms with van der Waals surface area (Å²) < 4.78 is 16.3. The highest BCUT2D eigenvalue weighted by Gasteiger charge is 2.24. The third kappa shape index (κ3) is 4.11. The van der Waals surface area contributed by atoms with Crippen LogP contribution in [0.4, 0.5) is 11.7 Å². The van der Waals surface area contributed by atoms with Gasteiger partial charge in [-0.15, -0.1) is 0 Å². The van der Waals surface area contributed by atoms with E-state index in [9.17, 15) is 9.59 Å². The normalized spacial score (nSPS) is 15.8. The number of hydrogen-bond donors (Lipinski definition) is 2. The number of carbonyl (C=O) groups is 2. The van der Waals surface area contributed by atoms with Crippen LogP contribution >= 0.6 is 0 Å². The molecule has 5 rings (SSSR count). The number of aromatic nitrogens is 1. The van der Waals surface area contributed by atoms with Crippen LogP contribution in [0.2, 0.25) is 0 Å². The molecule has 1 fully saturated rings. The minimum absolute atomic E-state index is 0.151. The molecule has 160 valence electrons. The molecule has 2 aliphatic rings. The fourth-order valence-electron chi connectivity index (χ4n) is 3.80. The highest BCUT2D eigenvalue weighted by Crippen LogP contribution is 2.34. The molecule has 3 heterocycles. The Bertz CT molecular complexity index is 1090. The largest absolute Gasteiger partial charge is 0.454 e. The molecule has 1 aromatic heterocycles. The van der Waals surface area contributed by atoms with E-state index in [-0.39, 0.29) is 6.79 Å². The van der Waals surface area contributed by atoms with Crippen molar-refractivity contribution < 1.29 is 23.5 Å². The maximum Gasteiger partial charge on any atom is 0.313 e. The topological polar surface area (TPSA) is 106 Å². The lowest BCUT2D eigenvalue weighted by molar-refractivity contribution is -0.136. The minimum Gasteiger partial charge on any atom is -0.454 e. The molecule has 3 aromatic rings. The van der Waals surface area contributed by atoms with Gasteiger partial charge in [0.15, 0.2) is 17.1 Å². The van der Waals surface area contributed by atoms with E-state index < -0.39 is 11.8 Å². The first-order valence-corrected chi connectivity index (χ1v) is 10.2. The van der Waals surface area contributed by atoms with Gasteiger partial charge in [-0.3, -0.25) is 9.59 Å². The van der Waals surface area contributed by atoms with Gasteiger partial charge >= 0.3 is 11.8 Å². The molecule has 0 radical (unpaired) electrons. The number of ether oxygens (including phenoxy) is 2. The summed E-state index contributed by atoms with van der Waals surface area (Å²) in [6.07, 6.45) is 1.76. The molecule has 0 unspecified atom stereocenters. The van der Waals surface area contributed by atoms with Gasteiger partial charge in [0, 0.05) is 31.4 Å². The number of oxazole rings is 1. The maximum absolute atomic E-state index is 12.2. The first-order chi connectivity index (χ1) is 15.2. The Balaban J connectivity index is 1.09. The Morgan fingerprint density at radius 1 is 1.03 bits per heavy atom. The molecule has 0 aliphatic carbocycles. The molecule has 0 spiro atoms. The smallest absolute Gasteiger partial charge is 0.313 e. The number of hydrogen-bond acceptors (Lipinski definition) is 7. The molecule has 0 atom stereocenters. The number of carbonyl (C=O) groups excluding carboxylic acids is 2. The van der Waals surface area contributed by atoms with Crippen molar-refractivity contribution in [1.29, 1.82) is 0 Å². The predicted octanol–water partition coefficient (Wildman–Crippen LogP) is 2.53. The molecule has 2 N–H and O–H groups in total. The van der Waals surface area contributed by atoms with Gasteiger partial charge < -0.3 is 29.4 Å². The van der Waals surface area contributed by atoms with E-state index in [0.717, 1.165) is 37.0 Å². The van der Waals surface area contributed by atoms with Crippen molar-refractivity contribution >= 4 is 34.6 Å². The van der Waals surface area contributed by atoms with Gasteiger partial charge in [-0.25, -0.2) is 0 Å². The molecular weight excluding hydrogens is 400 g/mol. The third-order valence-electron chi connectivity index (χ3n) is 5.56. The number of amides is 2. The number of rotatable bonds is 4. The van der Waals surface area contributed by atoms with E-state index in [4.69, 9.17) is 13.9 Å². The Morgan fingerprint density at radius 2 is 1.84 bits per heavy atom. The molecule has 9 heteroatoms. The molecule has 2 aromatic carbocycles. The molecular formula is C22H22N4O5. The number of benzene rings is 2. The Labute approximate surface area is 178 Å². The van der Waals surface area contributed by atoms with Crippen LogP contribution in [0.1, 0.15) is 12.8 Å². The van der Waals surface area contributed by atoms with Gasteiger partial charge in [-0.05, 0) is 43.0 Å². The second-order valence-corrected chi connectivity index (χ2v) is 7.63. The van der Waals surface area contributed by atoms with Crippen molar-refractivity contribution in [3.63, 3.8) is 0 Å². The van der Waals surface area contributed by atoms with Crippen LogP contribution in [0, 0.1) is 5.92 Å². The minimum atomic E-state index is -0.706. The predicted molar refractivity (Wildman–Crippen MR) is 113 cm³/mol. The van der Waals surface area contributed by atoms with Crippen LogP contribution < -0.4 is 25.0 Å². The Morgan fingerprint density at radius 3 is 2.68 bits per heavy atom. The monoisotopic (exact) mass is 422 g/mol. The number of anilines is 2. The molecule has 0 bridgehead atoms. The van der Waals surface area contributed by atoms with Gasteiger partial charge in [-0.1, -0.05) is 12.1 Å². The lowest BCUT2D eigenvalue weighted by Gasteiger charge is -2.30. The molecule has 9 nitrogen and oxygen atoms in total. The van der Waals surface area contributed by atoms with Crippen LogP contribution in [-0.2, 0) is 9.59 Å². The highest BCUT2D eigenvalue weighted by molar-refractivity contribution is 6.39. The zero-order valence-electron chi connectivity index (χ0n) is 16.8. The summed E-state index contributed by atoms with van der Waals surface area (Å²) in [4.78, 5) is 31.0. The van der Waals surface area contributed by atoms with Crippen LogP contribution in [0.25, 0.3) is 11.1 Å². The highest BCUT2D eigenvalue weighted by atomic mass is 16.7. The van der Waals surface area contributed by atoms with E-state index in [1.165, 1.54) is 0 Å². The summed E-state index contributed by atoms with van der Waals surface area (Å²) >= 11 is 0. The van der Waals surface area contributed by atoms with Crippen molar-refractivity contribution in [3.05, 3.63) is 42.5 Å². The van der Waals surface area contributed by atoms with Crippen LogP contribution in [0.3, 0.4) is 0 Å². The summed E-state index contributed by atoms with van der Waals surface area (Å²) in [6.45, 7) is 2.18. The van der Waals surface area contributed by atoms with Gasteiger partial charge in [-0.2, -0.15) is 4.98 Å². The number of piperidine rings is 1. The third-order valence-corrected chi connectivity index (χ3v) is 5.56. The van der Waals surface area contributed by atoms with Gasteiger partial charge in [0.1, 0.15) is 5.52 Å². The van der Waals surface area contributed by atoms with Crippen molar-refractivity contribution in [3.8, 4) is 11.5 Å². The number of nitrogens with zero attached hydrogens (tertiary/aromatic N) is 2. The number of fused-ring (bicyclic) bond motifs is 2. The summed E-state index contributed by atoms with van der Waals surface area (Å²) in [6, 6.07) is 13.3. The average Bonchev–Trinajstić information content (AvgIpc) is 3.44. The van der Waals surface area contributed by atoms with Gasteiger partial charge in [0.25, 0.3) is 6.01 Å². The lowest BCUT2D eigenvalue weighted by atomic mass is 9.97. The first-order valence-electron chi connectivity index (χ1n) is 10.2. The van der Waals surface area contributed by atoms with Crippen LogP contribution in [-0.4, -0.2) is 43.2 Å². The van der Waals surface area contributed by atoms with Gasteiger partial charge in [0.2, 0.25) is 6.79 Å². The molecule has 1 saturated heterocycles. The van der Waals surface area contributed by atoms with Crippen molar-refractivity contribution in [1.82, 2.24) is 10.3 Å². The Hall–Kier alpha value is -3.75. The average molecular weight is 422 g/mol. The number of para-hydroxylation sites is 2. The number of nitrogens with one attached hydrogen (secondary N) is 2. The zero-order chi connectivity index (χ0) is 21.2. The zero-order valence-corrected chi connectivity index (χ0v) is 16.8. The first kappa shape index (κ1) is 19.2. The molecule has 2 aliphatic heterocycles. The Kier molecular flexibility index (Phi) is 5.07. The van der Waals surface area contributed by atoms with E-state index >= 15 is 0 Å². The quantitative estimate of drug-likeness (QED) is 0.623. The van der Waals surface area contributed by atoms with E-state index in [2.05, 4.69) is 20.5 Å². The standard InChI is InChI=1S/C22H22N4O5/c27-20(21(28)24-15-5-6-18-19(11-15)30-13-29-18)23-12-14-7-9-26(10-8-14)22-25-16-3-1-2-4-17(16)31-22/h1-6,11,14H,7-10,12-13H2,(H,23,27)(H,24,28). The lowest BCUT2D eigenvalue weighted by Crippen LogP contribution is -2.41. The SMILES string of the molecule is O=C(NCC1CCN(c2nc3ccccc3o2)CC1)C(=O)Nc1ccc2c(c1)OCO2. The summed E-state index contributed by atoms with van der Waals surface area (Å²) in [5.41, 5.74) is 2.11. The summed E-state index contributed by atoms with van der Waals surface area (Å²) in [5, 5.41) is 5.32. The van der Waals surface area contributed by atoms with Crippen molar-refractivity contribution in [2.75, 3.05) is 36.6 Å². The van der Waals surface area contributed by atoms with Gasteiger partial charge in [0.05, 0.1) is 0 Å². The maximum atomic E-state index is 12.2. The fourth-order valence-corrected chi connectivity index (χ4v) is 3.80. The summed E-state index contributed by atoms with van der Waals surface area (Å²) in [5.74, 6) is 0.0975. The van der Waals surface area contributed by atoms with Crippen LogP contribution in [0.5, 0.6) is 11.5 Å². The van der Waals surface area contributed by atoms with E-state index in [1.807, 2.05) is 24.3 Å². The van der Waals surface area contributed by atoms with Crippen LogP contribution in [0.15, 0.2) is 46.9 Å².